The second-order valence-electron chi connectivity index (χ2n) is 6.71. The van der Waals surface area contributed by atoms with Crippen LogP contribution in [0.2, 0.25) is 0 Å². The SMILES string of the molecule is O=C(NCCCN1CCCCCC1=O)c1ccccc1Oc1ccccc1. The number of rotatable bonds is 7. The Morgan fingerprint density at radius 3 is 2.63 bits per heavy atom. The molecule has 5 heteroatoms. The highest BCUT2D eigenvalue weighted by Gasteiger charge is 2.16. The Hall–Kier alpha value is -2.82. The first-order valence-electron chi connectivity index (χ1n) is 9.62. The lowest BCUT2D eigenvalue weighted by atomic mass is 10.2. The first-order valence-corrected chi connectivity index (χ1v) is 9.62. The Kier molecular flexibility index (Phi) is 6.85. The van der Waals surface area contributed by atoms with Crippen LogP contribution in [0.25, 0.3) is 0 Å². The van der Waals surface area contributed by atoms with Crippen LogP contribution >= 0.6 is 0 Å². The molecular formula is C22H26N2O3. The van der Waals surface area contributed by atoms with E-state index in [-0.39, 0.29) is 11.8 Å². The van der Waals surface area contributed by atoms with E-state index in [9.17, 15) is 9.59 Å². The fourth-order valence-corrected chi connectivity index (χ4v) is 3.20. The summed E-state index contributed by atoms with van der Waals surface area (Å²) in [6.45, 7) is 2.06. The molecule has 1 N–H and O–H groups in total. The maximum atomic E-state index is 12.6. The molecule has 3 rings (SSSR count). The van der Waals surface area contributed by atoms with E-state index in [4.69, 9.17) is 4.74 Å². The predicted molar refractivity (Wildman–Crippen MR) is 105 cm³/mol. The molecule has 2 aromatic carbocycles. The third kappa shape index (κ3) is 5.58. The van der Waals surface area contributed by atoms with Gasteiger partial charge in [0.25, 0.3) is 5.91 Å². The molecule has 5 nitrogen and oxygen atoms in total. The van der Waals surface area contributed by atoms with E-state index in [0.29, 0.717) is 36.6 Å². The van der Waals surface area contributed by atoms with Gasteiger partial charge in [0, 0.05) is 26.1 Å². The van der Waals surface area contributed by atoms with E-state index in [1.165, 1.54) is 0 Å². The molecule has 2 aromatic rings. The molecule has 0 aliphatic carbocycles. The highest BCUT2D eigenvalue weighted by Crippen LogP contribution is 2.24. The number of benzene rings is 2. The molecule has 1 aliphatic rings. The van der Waals surface area contributed by atoms with Gasteiger partial charge in [0.15, 0.2) is 0 Å². The van der Waals surface area contributed by atoms with Gasteiger partial charge in [-0.05, 0) is 43.5 Å². The molecule has 1 saturated heterocycles. The topological polar surface area (TPSA) is 58.6 Å². The van der Waals surface area contributed by atoms with Crippen LogP contribution in [-0.2, 0) is 4.79 Å². The number of para-hydroxylation sites is 2. The van der Waals surface area contributed by atoms with Gasteiger partial charge in [-0.2, -0.15) is 0 Å². The highest BCUT2D eigenvalue weighted by atomic mass is 16.5. The maximum Gasteiger partial charge on any atom is 0.255 e. The summed E-state index contributed by atoms with van der Waals surface area (Å²) in [6.07, 6.45) is 4.58. The van der Waals surface area contributed by atoms with Crippen LogP contribution < -0.4 is 10.1 Å². The van der Waals surface area contributed by atoms with Gasteiger partial charge < -0.3 is 15.0 Å². The quantitative estimate of drug-likeness (QED) is 0.754. The second-order valence-corrected chi connectivity index (χ2v) is 6.71. The van der Waals surface area contributed by atoms with Gasteiger partial charge in [0.1, 0.15) is 11.5 Å². The molecular weight excluding hydrogens is 340 g/mol. The van der Waals surface area contributed by atoms with Crippen molar-refractivity contribution in [1.29, 1.82) is 0 Å². The summed E-state index contributed by atoms with van der Waals surface area (Å²) in [5.74, 6) is 1.30. The predicted octanol–water partition coefficient (Wildman–Crippen LogP) is 4.00. The van der Waals surface area contributed by atoms with Gasteiger partial charge in [0.2, 0.25) is 5.91 Å². The van der Waals surface area contributed by atoms with E-state index in [1.807, 2.05) is 47.4 Å². The average molecular weight is 366 g/mol. The summed E-state index contributed by atoms with van der Waals surface area (Å²) in [5.41, 5.74) is 0.507. The largest absolute Gasteiger partial charge is 0.457 e. The van der Waals surface area contributed by atoms with E-state index >= 15 is 0 Å². The van der Waals surface area contributed by atoms with E-state index in [1.54, 1.807) is 12.1 Å². The summed E-state index contributed by atoms with van der Waals surface area (Å²) >= 11 is 0. The zero-order valence-electron chi connectivity index (χ0n) is 15.5. The molecule has 0 spiro atoms. The number of hydrogen-bond donors (Lipinski definition) is 1. The van der Waals surface area contributed by atoms with Crippen molar-refractivity contribution in [3.05, 3.63) is 60.2 Å². The number of likely N-dealkylation sites (tertiary alicyclic amines) is 1. The minimum absolute atomic E-state index is 0.163. The Bertz CT molecular complexity index is 761. The lowest BCUT2D eigenvalue weighted by Gasteiger charge is -2.20. The van der Waals surface area contributed by atoms with Crippen molar-refractivity contribution in [2.24, 2.45) is 0 Å². The fourth-order valence-electron chi connectivity index (χ4n) is 3.20. The van der Waals surface area contributed by atoms with Crippen LogP contribution in [0.15, 0.2) is 54.6 Å². The number of hydrogen-bond acceptors (Lipinski definition) is 3. The summed E-state index contributed by atoms with van der Waals surface area (Å²) in [7, 11) is 0. The number of ether oxygens (including phenoxy) is 1. The summed E-state index contributed by atoms with van der Waals surface area (Å²) in [5, 5.41) is 2.94. The standard InChI is InChI=1S/C22H26N2O3/c25-21-14-5-2-8-16-24(21)17-9-15-23-22(26)19-12-6-7-13-20(19)27-18-10-3-1-4-11-18/h1,3-4,6-7,10-13H,2,5,8-9,14-17H2,(H,23,26). The van der Waals surface area contributed by atoms with E-state index < -0.39 is 0 Å². The van der Waals surface area contributed by atoms with Crippen LogP contribution in [0.5, 0.6) is 11.5 Å². The normalized spacial score (nSPS) is 14.5. The lowest BCUT2D eigenvalue weighted by molar-refractivity contribution is -0.130. The van der Waals surface area contributed by atoms with Crippen molar-refractivity contribution in [3.8, 4) is 11.5 Å². The smallest absolute Gasteiger partial charge is 0.255 e. The van der Waals surface area contributed by atoms with Gasteiger partial charge in [-0.15, -0.1) is 0 Å². The number of carbonyl (C=O) groups excluding carboxylic acids is 2. The third-order valence-electron chi connectivity index (χ3n) is 4.66. The van der Waals surface area contributed by atoms with Crippen molar-refractivity contribution in [1.82, 2.24) is 10.2 Å². The average Bonchev–Trinajstić information content (AvgIpc) is 2.90. The Balaban J connectivity index is 1.51. The number of nitrogens with one attached hydrogen (secondary N) is 1. The summed E-state index contributed by atoms with van der Waals surface area (Å²) in [4.78, 5) is 26.5. The molecule has 27 heavy (non-hydrogen) atoms. The molecule has 0 bridgehead atoms. The maximum absolute atomic E-state index is 12.6. The molecule has 0 atom stereocenters. The zero-order chi connectivity index (χ0) is 18.9. The van der Waals surface area contributed by atoms with Crippen LogP contribution in [0.3, 0.4) is 0 Å². The van der Waals surface area contributed by atoms with Gasteiger partial charge in [-0.25, -0.2) is 0 Å². The van der Waals surface area contributed by atoms with Crippen molar-refractivity contribution in [2.75, 3.05) is 19.6 Å². The summed E-state index contributed by atoms with van der Waals surface area (Å²) in [6, 6.07) is 16.6. The first kappa shape index (κ1) is 19.0. The fraction of sp³-hybridized carbons (Fsp3) is 0.364. The molecule has 0 radical (unpaired) electrons. The first-order chi connectivity index (χ1) is 13.2. The van der Waals surface area contributed by atoms with Crippen LogP contribution in [0, 0.1) is 0 Å². The monoisotopic (exact) mass is 366 g/mol. The zero-order valence-corrected chi connectivity index (χ0v) is 15.5. The third-order valence-corrected chi connectivity index (χ3v) is 4.66. The Morgan fingerprint density at radius 1 is 1.00 bits per heavy atom. The van der Waals surface area contributed by atoms with Crippen molar-refractivity contribution in [3.63, 3.8) is 0 Å². The molecule has 1 fully saturated rings. The molecule has 1 heterocycles. The van der Waals surface area contributed by atoms with E-state index in [2.05, 4.69) is 5.32 Å². The highest BCUT2D eigenvalue weighted by molar-refractivity contribution is 5.97. The van der Waals surface area contributed by atoms with Crippen molar-refractivity contribution >= 4 is 11.8 Å². The van der Waals surface area contributed by atoms with Gasteiger partial charge in [-0.1, -0.05) is 36.8 Å². The minimum Gasteiger partial charge on any atom is -0.457 e. The van der Waals surface area contributed by atoms with Crippen LogP contribution in [0.1, 0.15) is 42.5 Å². The molecule has 0 aromatic heterocycles. The summed E-state index contributed by atoms with van der Waals surface area (Å²) < 4.78 is 5.85. The van der Waals surface area contributed by atoms with Crippen molar-refractivity contribution < 1.29 is 14.3 Å². The second kappa shape index (κ2) is 9.76. The minimum atomic E-state index is -0.163. The van der Waals surface area contributed by atoms with Crippen LogP contribution in [-0.4, -0.2) is 36.3 Å². The molecule has 0 saturated carbocycles. The molecule has 0 unspecified atom stereocenters. The Morgan fingerprint density at radius 2 is 1.78 bits per heavy atom. The number of amides is 2. The number of carbonyl (C=O) groups is 2. The Labute approximate surface area is 160 Å². The number of nitrogens with zero attached hydrogens (tertiary/aromatic N) is 1. The van der Waals surface area contributed by atoms with Gasteiger partial charge >= 0.3 is 0 Å². The van der Waals surface area contributed by atoms with E-state index in [0.717, 1.165) is 32.2 Å². The lowest BCUT2D eigenvalue weighted by Crippen LogP contribution is -2.34. The molecule has 142 valence electrons. The van der Waals surface area contributed by atoms with Gasteiger partial charge in [0.05, 0.1) is 5.56 Å². The molecule has 1 aliphatic heterocycles. The van der Waals surface area contributed by atoms with Gasteiger partial charge in [-0.3, -0.25) is 9.59 Å². The van der Waals surface area contributed by atoms with Crippen molar-refractivity contribution in [2.45, 2.75) is 32.1 Å². The molecule has 2 amide bonds. The van der Waals surface area contributed by atoms with Crippen LogP contribution in [0.4, 0.5) is 0 Å².